The van der Waals surface area contributed by atoms with Gasteiger partial charge in [-0.25, -0.2) is 5.84 Å². The van der Waals surface area contributed by atoms with E-state index in [9.17, 15) is 78.2 Å². The Kier molecular flexibility index (Phi) is 38.2. The van der Waals surface area contributed by atoms with Crippen LogP contribution in [0, 0.1) is 17.3 Å². The summed E-state index contributed by atoms with van der Waals surface area (Å²) in [4.78, 5) is 80.7. The first-order chi connectivity index (χ1) is 62.3. The van der Waals surface area contributed by atoms with E-state index in [2.05, 4.69) is 136 Å². The van der Waals surface area contributed by atoms with Gasteiger partial charge in [-0.05, 0) is 282 Å². The summed E-state index contributed by atoms with van der Waals surface area (Å²) >= 11 is 0. The molecule has 2 heterocycles. The Morgan fingerprint density at radius 3 is 1.17 bits per heavy atom. The smallest absolute Gasteiger partial charge is 0.416 e. The molecule has 0 spiro atoms. The van der Waals surface area contributed by atoms with Crippen molar-refractivity contribution in [3.63, 3.8) is 0 Å². The van der Waals surface area contributed by atoms with E-state index < -0.39 is 41.2 Å². The van der Waals surface area contributed by atoms with Crippen molar-refractivity contribution < 1.29 is 92.4 Å². The third kappa shape index (κ3) is 28.7. The summed E-state index contributed by atoms with van der Waals surface area (Å²) in [5, 5.41) is 13.6. The number of carboxylic acid groups (broad SMARTS) is 1. The van der Waals surface area contributed by atoms with Crippen molar-refractivity contribution in [3.05, 3.63) is 229 Å². The summed E-state index contributed by atoms with van der Waals surface area (Å²) in [5.74, 6) is 6.02. The van der Waals surface area contributed by atoms with Crippen LogP contribution in [0.1, 0.15) is 381 Å². The second-order valence-electron chi connectivity index (χ2n) is 39.3. The number of hydrazine groups is 1. The first-order valence-corrected chi connectivity index (χ1v) is 47.5. The molecule has 0 bridgehead atoms. The van der Waals surface area contributed by atoms with Gasteiger partial charge in [0.1, 0.15) is 5.78 Å². The van der Waals surface area contributed by atoms with Gasteiger partial charge in [0, 0.05) is 69.7 Å². The third-order valence-electron chi connectivity index (χ3n) is 26.6. The van der Waals surface area contributed by atoms with Crippen LogP contribution in [-0.2, 0) is 77.1 Å². The number of nitrogens with zero attached hydrogens (tertiary/aromatic N) is 3. The van der Waals surface area contributed by atoms with Gasteiger partial charge in [-0.3, -0.25) is 33.6 Å². The molecule has 0 amide bonds. The predicted octanol–water partition coefficient (Wildman–Crippen LogP) is 28.8. The number of Topliss-reactive ketones (excluding diaryl/α,β-unsaturated/α-hetero) is 1. The van der Waals surface area contributed by atoms with Crippen molar-refractivity contribution in [3.8, 4) is 0 Å². The molecule has 133 heavy (non-hydrogen) atoms. The van der Waals surface area contributed by atoms with Gasteiger partial charge in [-0.2, -0.15) is 39.5 Å². The highest BCUT2D eigenvalue weighted by Gasteiger charge is 2.44. The normalized spacial score (nSPS) is 18.7. The summed E-state index contributed by atoms with van der Waals surface area (Å²) in [7, 11) is 0. The van der Waals surface area contributed by atoms with Crippen LogP contribution in [-0.4, -0.2) is 75.3 Å². The lowest BCUT2D eigenvalue weighted by atomic mass is 9.69. The molecular formula is C109H141F9N4O11. The van der Waals surface area contributed by atoms with E-state index in [-0.39, 0.29) is 107 Å². The van der Waals surface area contributed by atoms with Gasteiger partial charge in [0.05, 0.1) is 86.0 Å². The van der Waals surface area contributed by atoms with Crippen LogP contribution in [0.3, 0.4) is 0 Å². The zero-order chi connectivity index (χ0) is 98.7. The Hall–Kier alpha value is -10.1. The molecule has 5 aliphatic rings. The number of alkyl halides is 9. The second-order valence-corrected chi connectivity index (χ2v) is 39.3. The number of carbonyl (C=O) groups excluding carboxylic acids is 6. The van der Waals surface area contributed by atoms with Crippen LogP contribution in [0.2, 0.25) is 0 Å². The first-order valence-electron chi connectivity index (χ1n) is 47.5. The van der Waals surface area contributed by atoms with Crippen molar-refractivity contribution >= 4 is 68.7 Å². The summed E-state index contributed by atoms with van der Waals surface area (Å²) in [5.41, 5.74) is 13.9. The molecule has 5 aliphatic carbocycles. The number of hydrogen-bond acceptors (Lipinski definition) is 12. The number of carboxylic acids is 1. The fourth-order valence-corrected chi connectivity index (χ4v) is 19.2. The SMILES string of the molecule is CC1=CC(=O)CCC1.CCC(c1ccc(C(F)(F)F)cc1)N(N)c1ccc(C(C)C)cc1.CCC(c1ccc(C(F)(F)F)cc1)n1c2c(c3cc(C(C)C)ccc31)C(C)(C)CCC2CC(=O)O.CCOC(=O)CC1CCC(C)(C)CC1=O.CCOC(=O)CC1CCC(C)(C)c2c1n(C(CC)c1ccc(C(F)(F)F)cc1)c1ccc(C(C)C)cc21.CCOC(=O)CC1CCC(C)=CC1=O. The van der Waals surface area contributed by atoms with E-state index in [1.807, 2.05) is 58.9 Å². The fourth-order valence-electron chi connectivity index (χ4n) is 19.2. The minimum atomic E-state index is -4.39. The maximum Gasteiger partial charge on any atom is 0.416 e. The monoisotopic (exact) mass is 1850 g/mol. The van der Waals surface area contributed by atoms with E-state index >= 15 is 0 Å². The third-order valence-corrected chi connectivity index (χ3v) is 26.6. The maximum atomic E-state index is 13.3. The van der Waals surface area contributed by atoms with Gasteiger partial charge in [0.25, 0.3) is 0 Å². The molecule has 7 unspecified atom stereocenters. The highest BCUT2D eigenvalue weighted by molar-refractivity contribution is 5.96. The Morgan fingerprint density at radius 1 is 0.451 bits per heavy atom. The highest BCUT2D eigenvalue weighted by atomic mass is 19.4. The molecule has 8 aromatic rings. The number of aliphatic carboxylic acids is 1. The molecular weight excluding hydrogens is 1710 g/mol. The summed E-state index contributed by atoms with van der Waals surface area (Å²) in [6, 6.07) is 36.7. The number of ketones is 3. The van der Waals surface area contributed by atoms with Crippen molar-refractivity contribution in [1.82, 2.24) is 9.13 Å². The Bertz CT molecular complexity index is 5340. The summed E-state index contributed by atoms with van der Waals surface area (Å²) in [6.07, 6.45) is 3.75. The molecule has 1 saturated carbocycles. The number of anilines is 1. The molecule has 24 heteroatoms. The molecule has 0 aliphatic heterocycles. The van der Waals surface area contributed by atoms with Gasteiger partial charge >= 0.3 is 42.4 Å². The number of allylic oxidation sites excluding steroid dienone is 4. The van der Waals surface area contributed by atoms with Crippen LogP contribution in [0.25, 0.3) is 21.8 Å². The molecule has 0 saturated heterocycles. The molecule has 6 aromatic carbocycles. The minimum Gasteiger partial charge on any atom is -0.481 e. The number of aromatic nitrogens is 2. The molecule has 7 atom stereocenters. The van der Waals surface area contributed by atoms with Gasteiger partial charge in [0.15, 0.2) is 11.6 Å². The Balaban J connectivity index is 0.000000209. The Labute approximate surface area is 781 Å². The van der Waals surface area contributed by atoms with Crippen LogP contribution < -0.4 is 10.9 Å². The van der Waals surface area contributed by atoms with E-state index in [0.717, 1.165) is 151 Å². The zero-order valence-electron chi connectivity index (χ0n) is 81.5. The molecule has 2 aromatic heterocycles. The fraction of sp³-hybridized carbons (Fsp3) is 0.532. The molecule has 726 valence electrons. The van der Waals surface area contributed by atoms with Crippen molar-refractivity contribution in [2.45, 2.75) is 338 Å². The number of halogens is 9. The lowest BCUT2D eigenvalue weighted by Crippen LogP contribution is -2.35. The van der Waals surface area contributed by atoms with E-state index in [4.69, 9.17) is 20.1 Å². The highest BCUT2D eigenvalue weighted by Crippen LogP contribution is 2.54. The number of benzene rings is 6. The number of carbonyl (C=O) groups is 7. The minimum absolute atomic E-state index is 0.0135. The molecule has 0 radical (unpaired) electrons. The number of rotatable bonds is 24. The Morgan fingerprint density at radius 2 is 0.820 bits per heavy atom. The second kappa shape index (κ2) is 46.9. The standard InChI is InChI=1S/C31H38F3NO2.C29H34F3NO2.C19H23F3N2.C12H20O3.C11H16O3.C7H10O/c1-7-25(20-9-12-23(13-10-20)31(32,33)34)35-26-14-11-21(19(3)4)17-24(26)28-29(35)22(15-16-30(28,5)6)18-27(36)37-8-2;1-6-23(18-7-10-21(11-8-18)29(30,31)32)33-24-12-9-19(17(2)3)15-22(24)26-27(33)20(16-25(34)35)13-14-28(26,4)5;1-4-18(15-5-9-16(10-6-15)19(20,21)22)24(23)17-11-7-14(8-12-17)13(2)3;1-4-15-11(14)7-9-5-6-12(2,3)8-10(9)13;1-3-14-11(13)7-9-5-4-8(2)6-10(9)12;1-6-3-2-4-7(8)5-6/h9-14,17,19,22,25H,7-8,15-16,18H2,1-6H3;7-12,15,17,20,23H,6,13-14,16H2,1-5H3,(H,34,35);5-13,18H,4,23H2,1-3H3;9H,4-8H2,1-3H3;6,9H,3-5,7H2,1-2H3;5H,2-4H2,1H3. The van der Waals surface area contributed by atoms with Gasteiger partial charge < -0.3 is 33.5 Å². The number of nitrogens with two attached hydrogens (primary N) is 1. The lowest BCUT2D eigenvalue weighted by molar-refractivity contribution is -0.147. The summed E-state index contributed by atoms with van der Waals surface area (Å²) in [6.45, 7) is 42.6. The molecule has 1 fully saturated rings. The number of esters is 3. The largest absolute Gasteiger partial charge is 0.481 e. The predicted molar refractivity (Wildman–Crippen MR) is 510 cm³/mol. The molecule has 3 N–H and O–H groups in total. The van der Waals surface area contributed by atoms with E-state index in [1.165, 1.54) is 63.0 Å². The van der Waals surface area contributed by atoms with Crippen LogP contribution >= 0.6 is 0 Å². The van der Waals surface area contributed by atoms with E-state index in [1.54, 1.807) is 55.3 Å². The number of hydrogen-bond donors (Lipinski definition) is 2. The zero-order valence-corrected chi connectivity index (χ0v) is 81.5. The van der Waals surface area contributed by atoms with Crippen LogP contribution in [0.4, 0.5) is 45.2 Å². The van der Waals surface area contributed by atoms with Crippen molar-refractivity contribution in [2.24, 2.45) is 23.1 Å². The van der Waals surface area contributed by atoms with Gasteiger partial charge in [0.2, 0.25) is 0 Å². The summed E-state index contributed by atoms with van der Waals surface area (Å²) < 4.78 is 137. The van der Waals surface area contributed by atoms with Gasteiger partial charge in [-0.15, -0.1) is 0 Å². The number of ether oxygens (including phenoxy) is 3. The quantitative estimate of drug-likeness (QED) is 0.0190. The average molecular weight is 1850 g/mol. The topological polar surface area (TPSA) is 207 Å². The maximum absolute atomic E-state index is 13.3. The number of fused-ring (bicyclic) bond motifs is 6. The van der Waals surface area contributed by atoms with Crippen molar-refractivity contribution in [1.29, 1.82) is 0 Å². The van der Waals surface area contributed by atoms with E-state index in [0.29, 0.717) is 75.5 Å². The van der Waals surface area contributed by atoms with Crippen LogP contribution in [0.15, 0.2) is 157 Å². The van der Waals surface area contributed by atoms with Gasteiger partial charge in [-0.1, -0.05) is 176 Å². The lowest BCUT2D eigenvalue weighted by Gasteiger charge is -2.37. The first kappa shape index (κ1) is 108. The average Bonchev–Trinajstić information content (AvgIpc) is 1.56. The molecule has 13 rings (SSSR count). The van der Waals surface area contributed by atoms with Crippen molar-refractivity contribution in [2.75, 3.05) is 24.8 Å². The van der Waals surface area contributed by atoms with Crippen LogP contribution in [0.5, 0.6) is 0 Å². The molecule has 15 nitrogen and oxygen atoms in total.